The minimum Gasteiger partial charge on any atom is -0.478 e. The first kappa shape index (κ1) is 12.9. The van der Waals surface area contributed by atoms with Crippen molar-refractivity contribution < 1.29 is 14.3 Å². The van der Waals surface area contributed by atoms with Gasteiger partial charge in [-0.25, -0.2) is 9.18 Å². The van der Waals surface area contributed by atoms with Gasteiger partial charge in [0, 0.05) is 11.6 Å². The molecule has 0 bridgehead atoms. The van der Waals surface area contributed by atoms with Crippen molar-refractivity contribution in [3.05, 3.63) is 35.1 Å². The summed E-state index contributed by atoms with van der Waals surface area (Å²) in [6, 6.07) is 3.38. The van der Waals surface area contributed by atoms with Crippen LogP contribution in [0.5, 0.6) is 0 Å². The molecule has 3 N–H and O–H groups in total. The average molecular weight is 246 g/mol. The molecular weight excluding hydrogens is 233 g/mol. The van der Waals surface area contributed by atoms with Crippen LogP contribution in [0.15, 0.2) is 18.2 Å². The van der Waals surface area contributed by atoms with Crippen LogP contribution in [-0.2, 0) is 0 Å². The molecule has 0 radical (unpaired) electrons. The predicted molar refractivity (Wildman–Crippen MR) is 60.3 cm³/mol. The van der Waals surface area contributed by atoms with Gasteiger partial charge in [0.1, 0.15) is 5.82 Å². The predicted octanol–water partition coefficient (Wildman–Crippen LogP) is 2.36. The second-order valence-electron chi connectivity index (χ2n) is 3.90. The molecule has 1 aromatic carbocycles. The lowest BCUT2D eigenvalue weighted by Gasteiger charge is -2.12. The number of carboxylic acids is 1. The van der Waals surface area contributed by atoms with Gasteiger partial charge in [-0.3, -0.25) is 0 Å². The molecule has 0 aromatic heterocycles. The second kappa shape index (κ2) is 4.80. The smallest absolute Gasteiger partial charge is 0.335 e. The van der Waals surface area contributed by atoms with Crippen LogP contribution >= 0.6 is 12.4 Å². The van der Waals surface area contributed by atoms with Crippen LogP contribution in [0.25, 0.3) is 0 Å². The maximum atomic E-state index is 13.4. The normalized spacial score (nSPS) is 16.4. The van der Waals surface area contributed by atoms with Crippen molar-refractivity contribution in [1.82, 2.24) is 0 Å². The molecule has 0 amide bonds. The summed E-state index contributed by atoms with van der Waals surface area (Å²) in [4.78, 5) is 10.7. The van der Waals surface area contributed by atoms with E-state index in [0.717, 1.165) is 12.8 Å². The Kier molecular flexibility index (Phi) is 3.88. The fraction of sp³-hybridized carbons (Fsp3) is 0.364. The van der Waals surface area contributed by atoms with E-state index in [2.05, 4.69) is 0 Å². The molecule has 0 saturated heterocycles. The number of carboxylic acid groups (broad SMARTS) is 1. The molecule has 0 unspecified atom stereocenters. The summed E-state index contributed by atoms with van der Waals surface area (Å²) in [6.07, 6.45) is 2.00. The topological polar surface area (TPSA) is 63.3 Å². The maximum Gasteiger partial charge on any atom is 0.335 e. The van der Waals surface area contributed by atoms with Crippen molar-refractivity contribution in [3.63, 3.8) is 0 Å². The number of hydrogen-bond acceptors (Lipinski definition) is 2. The summed E-state index contributed by atoms with van der Waals surface area (Å²) in [5.74, 6) is -1.16. The molecule has 2 rings (SSSR count). The van der Waals surface area contributed by atoms with E-state index >= 15 is 0 Å². The SMILES string of the molecule is Cl.N[C@H](c1cc(C(=O)O)ccc1F)C1CC1. The van der Waals surface area contributed by atoms with Crippen LogP contribution in [0, 0.1) is 11.7 Å². The first-order chi connectivity index (χ1) is 7.09. The Hall–Kier alpha value is -1.13. The van der Waals surface area contributed by atoms with E-state index in [9.17, 15) is 9.18 Å². The molecule has 88 valence electrons. The van der Waals surface area contributed by atoms with Crippen LogP contribution < -0.4 is 5.73 Å². The Morgan fingerprint density at radius 1 is 1.50 bits per heavy atom. The molecule has 16 heavy (non-hydrogen) atoms. The lowest BCUT2D eigenvalue weighted by atomic mass is 10.0. The fourth-order valence-electron chi connectivity index (χ4n) is 1.64. The highest BCUT2D eigenvalue weighted by Crippen LogP contribution is 2.40. The largest absolute Gasteiger partial charge is 0.478 e. The highest BCUT2D eigenvalue weighted by Gasteiger charge is 2.31. The summed E-state index contributed by atoms with van der Waals surface area (Å²) in [5, 5.41) is 8.77. The maximum absolute atomic E-state index is 13.4. The number of halogens is 2. The molecule has 0 heterocycles. The van der Waals surface area contributed by atoms with Crippen molar-refractivity contribution in [2.24, 2.45) is 11.7 Å². The van der Waals surface area contributed by atoms with Gasteiger partial charge in [-0.1, -0.05) is 0 Å². The van der Waals surface area contributed by atoms with E-state index in [4.69, 9.17) is 10.8 Å². The van der Waals surface area contributed by atoms with Gasteiger partial charge in [-0.15, -0.1) is 12.4 Å². The fourth-order valence-corrected chi connectivity index (χ4v) is 1.64. The van der Waals surface area contributed by atoms with Crippen molar-refractivity contribution in [3.8, 4) is 0 Å². The van der Waals surface area contributed by atoms with Crippen LogP contribution in [0.4, 0.5) is 4.39 Å². The molecule has 0 spiro atoms. The zero-order valence-electron chi connectivity index (χ0n) is 8.52. The second-order valence-corrected chi connectivity index (χ2v) is 3.90. The molecule has 1 aliphatic rings. The Balaban J connectivity index is 0.00000128. The summed E-state index contributed by atoms with van der Waals surface area (Å²) in [6.45, 7) is 0. The van der Waals surface area contributed by atoms with E-state index in [-0.39, 0.29) is 24.0 Å². The van der Waals surface area contributed by atoms with E-state index in [0.29, 0.717) is 11.5 Å². The van der Waals surface area contributed by atoms with Crippen molar-refractivity contribution in [2.45, 2.75) is 18.9 Å². The molecule has 1 fully saturated rings. The highest BCUT2D eigenvalue weighted by atomic mass is 35.5. The standard InChI is InChI=1S/C11H12FNO2.ClH/c12-9-4-3-7(11(14)15)5-8(9)10(13)6-1-2-6;/h3-6,10H,1-2,13H2,(H,14,15);1H/t10-;/m0./s1. The Bertz CT molecular complexity index is 407. The van der Waals surface area contributed by atoms with Gasteiger partial charge < -0.3 is 10.8 Å². The lowest BCUT2D eigenvalue weighted by molar-refractivity contribution is 0.0696. The van der Waals surface area contributed by atoms with Gasteiger partial charge in [-0.05, 0) is 37.0 Å². The molecule has 1 aromatic rings. The monoisotopic (exact) mass is 245 g/mol. The quantitative estimate of drug-likeness (QED) is 0.859. The number of rotatable bonds is 3. The van der Waals surface area contributed by atoms with E-state index in [1.807, 2.05) is 0 Å². The molecule has 1 atom stereocenters. The number of nitrogens with two attached hydrogens (primary N) is 1. The lowest BCUT2D eigenvalue weighted by Crippen LogP contribution is -2.15. The number of benzene rings is 1. The Labute approximate surface area is 98.9 Å². The van der Waals surface area contributed by atoms with Gasteiger partial charge >= 0.3 is 5.97 Å². The first-order valence-electron chi connectivity index (χ1n) is 4.88. The number of carbonyl (C=O) groups is 1. The van der Waals surface area contributed by atoms with Crippen molar-refractivity contribution >= 4 is 18.4 Å². The first-order valence-corrected chi connectivity index (χ1v) is 4.88. The zero-order chi connectivity index (χ0) is 11.0. The third-order valence-electron chi connectivity index (χ3n) is 2.73. The third-order valence-corrected chi connectivity index (χ3v) is 2.73. The van der Waals surface area contributed by atoms with Gasteiger partial charge in [0.25, 0.3) is 0 Å². The van der Waals surface area contributed by atoms with Gasteiger partial charge in [0.15, 0.2) is 0 Å². The van der Waals surface area contributed by atoms with Gasteiger partial charge in [0.05, 0.1) is 5.56 Å². The summed E-state index contributed by atoms with van der Waals surface area (Å²) < 4.78 is 13.4. The zero-order valence-corrected chi connectivity index (χ0v) is 9.34. The molecule has 1 saturated carbocycles. The molecule has 0 aliphatic heterocycles. The molecule has 1 aliphatic carbocycles. The molecular formula is C11H13ClFNO2. The van der Waals surface area contributed by atoms with E-state index in [1.54, 1.807) is 0 Å². The molecule has 3 nitrogen and oxygen atoms in total. The van der Waals surface area contributed by atoms with E-state index < -0.39 is 11.8 Å². The Morgan fingerprint density at radius 2 is 2.12 bits per heavy atom. The third kappa shape index (κ3) is 2.51. The summed E-state index contributed by atoms with van der Waals surface area (Å²) in [7, 11) is 0. The van der Waals surface area contributed by atoms with Crippen molar-refractivity contribution in [1.29, 1.82) is 0 Å². The van der Waals surface area contributed by atoms with Gasteiger partial charge in [-0.2, -0.15) is 0 Å². The molecule has 5 heteroatoms. The Morgan fingerprint density at radius 3 is 2.62 bits per heavy atom. The summed E-state index contributed by atoms with van der Waals surface area (Å²) >= 11 is 0. The van der Waals surface area contributed by atoms with Crippen molar-refractivity contribution in [2.75, 3.05) is 0 Å². The minimum atomic E-state index is -1.06. The minimum absolute atomic E-state index is 0. The number of aromatic carboxylic acids is 1. The van der Waals surface area contributed by atoms with Crippen LogP contribution in [0.3, 0.4) is 0 Å². The van der Waals surface area contributed by atoms with Gasteiger partial charge in [0.2, 0.25) is 0 Å². The number of hydrogen-bond donors (Lipinski definition) is 2. The van der Waals surface area contributed by atoms with Crippen LogP contribution in [0.1, 0.15) is 34.8 Å². The average Bonchev–Trinajstić information content (AvgIpc) is 3.00. The van der Waals surface area contributed by atoms with Crippen LogP contribution in [0.2, 0.25) is 0 Å². The van der Waals surface area contributed by atoms with E-state index in [1.165, 1.54) is 18.2 Å². The highest BCUT2D eigenvalue weighted by molar-refractivity contribution is 5.87. The van der Waals surface area contributed by atoms with Crippen LogP contribution in [-0.4, -0.2) is 11.1 Å². The summed E-state index contributed by atoms with van der Waals surface area (Å²) in [5.41, 5.74) is 6.24.